The maximum atomic E-state index is 11.6. The molecule has 0 amide bonds. The van der Waals surface area contributed by atoms with Gasteiger partial charge in [-0.2, -0.15) is 0 Å². The van der Waals surface area contributed by atoms with Crippen molar-refractivity contribution in [3.63, 3.8) is 0 Å². The molecule has 6 heteroatoms. The van der Waals surface area contributed by atoms with Crippen molar-refractivity contribution in [2.45, 2.75) is 0 Å². The first-order valence-corrected chi connectivity index (χ1v) is 5.86. The summed E-state index contributed by atoms with van der Waals surface area (Å²) in [5.74, 6) is 0. The molecule has 0 aliphatic carbocycles. The average Bonchev–Trinajstić information content (AvgIpc) is 2.68. The third-order valence-electron chi connectivity index (χ3n) is 1.46. The van der Waals surface area contributed by atoms with Gasteiger partial charge in [0.25, 0.3) is 5.52 Å². The zero-order chi connectivity index (χ0) is 9.90. The van der Waals surface area contributed by atoms with Crippen molar-refractivity contribution in [3.05, 3.63) is 22.4 Å². The van der Waals surface area contributed by atoms with Crippen LogP contribution in [0.5, 0.6) is 0 Å². The molecule has 0 aromatic carbocycles. The average molecular weight is 220 g/mol. The van der Waals surface area contributed by atoms with E-state index in [2.05, 4.69) is 9.05 Å². The molecule has 0 atom stereocenters. The van der Waals surface area contributed by atoms with Crippen molar-refractivity contribution in [3.8, 4) is 0 Å². The van der Waals surface area contributed by atoms with E-state index in [0.29, 0.717) is 4.88 Å². The lowest BCUT2D eigenvalue weighted by molar-refractivity contribution is 0.102. The third kappa shape index (κ3) is 2.06. The Morgan fingerprint density at radius 2 is 2.08 bits per heavy atom. The van der Waals surface area contributed by atoms with Gasteiger partial charge >= 0.3 is 7.60 Å². The predicted molar refractivity (Wildman–Crippen MR) is 50.3 cm³/mol. The van der Waals surface area contributed by atoms with Crippen molar-refractivity contribution in [2.75, 3.05) is 14.2 Å². The Labute approximate surface area is 80.0 Å². The van der Waals surface area contributed by atoms with Crippen LogP contribution in [0, 0.1) is 0 Å². The SMILES string of the molecule is COP(=O)(OC)C(=O)c1cccs1. The van der Waals surface area contributed by atoms with Gasteiger partial charge in [0.2, 0.25) is 0 Å². The summed E-state index contributed by atoms with van der Waals surface area (Å²) in [6.07, 6.45) is 0. The standard InChI is InChI=1S/C7H9O4PS/c1-10-12(9,11-2)7(8)6-4-3-5-13-6/h3-5H,1-2H3. The molecule has 0 spiro atoms. The molecule has 1 heterocycles. The Hall–Kier alpha value is -0.480. The largest absolute Gasteiger partial charge is 0.401 e. The molecule has 1 aromatic rings. The van der Waals surface area contributed by atoms with E-state index in [-0.39, 0.29) is 0 Å². The minimum atomic E-state index is -3.59. The van der Waals surface area contributed by atoms with Crippen LogP contribution in [-0.2, 0) is 13.6 Å². The zero-order valence-corrected chi connectivity index (χ0v) is 8.93. The van der Waals surface area contributed by atoms with Gasteiger partial charge < -0.3 is 9.05 Å². The molecule has 1 aromatic heterocycles. The molecule has 0 saturated carbocycles. The number of hydrogen-bond donors (Lipinski definition) is 0. The first-order chi connectivity index (χ1) is 6.14. The lowest BCUT2D eigenvalue weighted by Crippen LogP contribution is -2.01. The van der Waals surface area contributed by atoms with Crippen LogP contribution >= 0.6 is 18.9 Å². The van der Waals surface area contributed by atoms with Gasteiger partial charge in [-0.05, 0) is 11.4 Å². The predicted octanol–water partition coefficient (Wildman–Crippen LogP) is 2.37. The molecule has 0 unspecified atom stereocenters. The minimum Gasteiger partial charge on any atom is -0.306 e. The van der Waals surface area contributed by atoms with Crippen LogP contribution < -0.4 is 0 Å². The van der Waals surface area contributed by atoms with E-state index in [4.69, 9.17) is 0 Å². The number of carbonyl (C=O) groups excluding carboxylic acids is 1. The van der Waals surface area contributed by atoms with Gasteiger partial charge in [0.15, 0.2) is 0 Å². The fourth-order valence-electron chi connectivity index (χ4n) is 0.776. The Morgan fingerprint density at radius 3 is 2.46 bits per heavy atom. The van der Waals surface area contributed by atoms with Crippen molar-refractivity contribution >= 4 is 24.5 Å². The van der Waals surface area contributed by atoms with Gasteiger partial charge in [-0.25, -0.2) is 0 Å². The molecule has 72 valence electrons. The molecule has 0 N–H and O–H groups in total. The van der Waals surface area contributed by atoms with E-state index in [1.165, 1.54) is 25.6 Å². The van der Waals surface area contributed by atoms with Gasteiger partial charge in [-0.3, -0.25) is 9.36 Å². The number of carbonyl (C=O) groups is 1. The smallest absolute Gasteiger partial charge is 0.306 e. The summed E-state index contributed by atoms with van der Waals surface area (Å²) in [6, 6.07) is 3.28. The highest BCUT2D eigenvalue weighted by Crippen LogP contribution is 2.50. The highest BCUT2D eigenvalue weighted by Gasteiger charge is 2.33. The Kier molecular flexibility index (Phi) is 3.39. The van der Waals surface area contributed by atoms with Crippen molar-refractivity contribution < 1.29 is 18.4 Å². The first-order valence-electron chi connectivity index (χ1n) is 3.44. The summed E-state index contributed by atoms with van der Waals surface area (Å²) < 4.78 is 20.7. The van der Waals surface area contributed by atoms with Crippen molar-refractivity contribution in [2.24, 2.45) is 0 Å². The second kappa shape index (κ2) is 4.15. The fraction of sp³-hybridized carbons (Fsp3) is 0.286. The van der Waals surface area contributed by atoms with Gasteiger partial charge in [-0.1, -0.05) is 6.07 Å². The summed E-state index contributed by atoms with van der Waals surface area (Å²) in [7, 11) is -1.21. The maximum Gasteiger partial charge on any atom is 0.401 e. The molecule has 13 heavy (non-hydrogen) atoms. The van der Waals surface area contributed by atoms with E-state index in [1.807, 2.05) is 0 Å². The van der Waals surface area contributed by atoms with E-state index in [9.17, 15) is 9.36 Å². The van der Waals surface area contributed by atoms with Crippen LogP contribution in [-0.4, -0.2) is 19.7 Å². The highest BCUT2D eigenvalue weighted by molar-refractivity contribution is 7.73. The van der Waals surface area contributed by atoms with Gasteiger partial charge in [0.1, 0.15) is 0 Å². The van der Waals surface area contributed by atoms with Gasteiger partial charge in [-0.15, -0.1) is 11.3 Å². The van der Waals surface area contributed by atoms with Crippen LogP contribution in [0.3, 0.4) is 0 Å². The zero-order valence-electron chi connectivity index (χ0n) is 7.22. The van der Waals surface area contributed by atoms with Crippen LogP contribution in [0.1, 0.15) is 9.67 Å². The highest BCUT2D eigenvalue weighted by atomic mass is 32.1. The van der Waals surface area contributed by atoms with Gasteiger partial charge in [0, 0.05) is 14.2 Å². The molecule has 1 rings (SSSR count). The van der Waals surface area contributed by atoms with Crippen molar-refractivity contribution in [1.82, 2.24) is 0 Å². The lowest BCUT2D eigenvalue weighted by atomic mass is 10.5. The monoisotopic (exact) mass is 220 g/mol. The van der Waals surface area contributed by atoms with E-state index >= 15 is 0 Å². The quantitative estimate of drug-likeness (QED) is 0.731. The Bertz CT molecular complexity index is 324. The molecule has 0 fully saturated rings. The Balaban J connectivity index is 2.96. The molecule has 0 radical (unpaired) electrons. The van der Waals surface area contributed by atoms with Crippen LogP contribution in [0.2, 0.25) is 0 Å². The minimum absolute atomic E-state index is 0.382. The second-order valence-electron chi connectivity index (χ2n) is 2.15. The first kappa shape index (κ1) is 10.6. The third-order valence-corrected chi connectivity index (χ3v) is 4.18. The number of hydrogen-bond acceptors (Lipinski definition) is 5. The molecule has 4 nitrogen and oxygen atoms in total. The maximum absolute atomic E-state index is 11.6. The van der Waals surface area contributed by atoms with E-state index in [1.54, 1.807) is 17.5 Å². The normalized spacial score (nSPS) is 11.5. The fourth-order valence-corrected chi connectivity index (χ4v) is 2.66. The summed E-state index contributed by atoms with van der Waals surface area (Å²) in [4.78, 5) is 11.9. The molecule has 0 bridgehead atoms. The lowest BCUT2D eigenvalue weighted by Gasteiger charge is -2.09. The molecular weight excluding hydrogens is 211 g/mol. The van der Waals surface area contributed by atoms with Crippen LogP contribution in [0.25, 0.3) is 0 Å². The van der Waals surface area contributed by atoms with Crippen LogP contribution in [0.4, 0.5) is 0 Å². The molecule has 0 saturated heterocycles. The Morgan fingerprint density at radius 1 is 1.46 bits per heavy atom. The number of rotatable bonds is 4. The molecule has 0 aliphatic heterocycles. The molecule has 0 aliphatic rings. The summed E-state index contributed by atoms with van der Waals surface area (Å²) in [5.41, 5.74) is -0.590. The van der Waals surface area contributed by atoms with Crippen molar-refractivity contribution in [1.29, 1.82) is 0 Å². The van der Waals surface area contributed by atoms with Crippen LogP contribution in [0.15, 0.2) is 17.5 Å². The molecular formula is C7H9O4PS. The van der Waals surface area contributed by atoms with E-state index in [0.717, 1.165) is 0 Å². The summed E-state index contributed by atoms with van der Waals surface area (Å²) in [5, 5.41) is 1.73. The topological polar surface area (TPSA) is 52.6 Å². The second-order valence-corrected chi connectivity index (χ2v) is 5.22. The number of thiophene rings is 1. The summed E-state index contributed by atoms with van der Waals surface area (Å²) >= 11 is 1.21. The van der Waals surface area contributed by atoms with Gasteiger partial charge in [0.05, 0.1) is 4.88 Å². The van der Waals surface area contributed by atoms with E-state index < -0.39 is 13.1 Å². The summed E-state index contributed by atoms with van der Waals surface area (Å²) in [6.45, 7) is 0.